The van der Waals surface area contributed by atoms with Crippen molar-refractivity contribution < 1.29 is 29.6 Å². The van der Waals surface area contributed by atoms with Crippen molar-refractivity contribution >= 4 is 17.7 Å². The van der Waals surface area contributed by atoms with Gasteiger partial charge in [0, 0.05) is 18.7 Å². The fourth-order valence-electron chi connectivity index (χ4n) is 4.10. The van der Waals surface area contributed by atoms with Crippen LogP contribution in [-0.4, -0.2) is 83.0 Å². The summed E-state index contributed by atoms with van der Waals surface area (Å²) >= 11 is 0. The van der Waals surface area contributed by atoms with Gasteiger partial charge in [0.2, 0.25) is 6.35 Å². The molecule has 1 aliphatic heterocycles. The molecule has 2 aromatic rings. The first-order valence-electron chi connectivity index (χ1n) is 12.0. The third-order valence-corrected chi connectivity index (χ3v) is 6.01. The Hall–Kier alpha value is -3.34. The van der Waals surface area contributed by atoms with Gasteiger partial charge in [-0.05, 0) is 51.1 Å². The number of anilines is 1. The van der Waals surface area contributed by atoms with Gasteiger partial charge in [-0.15, -0.1) is 0 Å². The van der Waals surface area contributed by atoms with Gasteiger partial charge in [-0.3, -0.25) is 9.69 Å². The number of amides is 2. The normalized spacial score (nSPS) is 16.8. The quantitative estimate of drug-likeness (QED) is 0.316. The van der Waals surface area contributed by atoms with Gasteiger partial charge in [0.25, 0.3) is 5.91 Å². The van der Waals surface area contributed by atoms with E-state index in [9.17, 15) is 24.9 Å². The fourth-order valence-corrected chi connectivity index (χ4v) is 4.10. The van der Waals surface area contributed by atoms with E-state index in [1.807, 2.05) is 54.1 Å². The average Bonchev–Trinajstić information content (AvgIpc) is 3.17. The van der Waals surface area contributed by atoms with Crippen LogP contribution in [0.2, 0.25) is 0 Å². The predicted octanol–water partition coefficient (Wildman–Crippen LogP) is 1.86. The first kappa shape index (κ1) is 27.3. The number of carbonyl (C=O) groups excluding carboxylic acids is 1. The molecule has 0 saturated carbocycles. The molecule has 3 atom stereocenters. The smallest absolute Gasteiger partial charge is 0.404 e. The molecule has 0 spiro atoms. The lowest BCUT2D eigenvalue weighted by molar-refractivity contribution is 0.0347. The van der Waals surface area contributed by atoms with Crippen LogP contribution in [0, 0.1) is 0 Å². The van der Waals surface area contributed by atoms with Gasteiger partial charge >= 0.3 is 6.09 Å². The number of β-amino-alcohol motifs (C(OH)–C–C–N with tert-alkyl or cyclic N) is 1. The maximum absolute atomic E-state index is 12.9. The number of carbonyl (C=O) groups is 2. The summed E-state index contributed by atoms with van der Waals surface area (Å²) in [6.45, 7) is 6.38. The molecular formula is C26H36N4O6. The van der Waals surface area contributed by atoms with Gasteiger partial charge in [0.15, 0.2) is 0 Å². The SMILES string of the molecule is CCN(C)C1Oc2cc(C(=O)NC[C@H](O)[C@H](Cc3ccccc3)NC(=O)O)ccc2N1CC(C)(C)O. The summed E-state index contributed by atoms with van der Waals surface area (Å²) in [6, 6.07) is 13.5. The van der Waals surface area contributed by atoms with Crippen LogP contribution in [0.15, 0.2) is 48.5 Å². The maximum Gasteiger partial charge on any atom is 0.404 e. The minimum Gasteiger partial charge on any atom is -0.465 e. The molecule has 10 heteroatoms. The number of hydrogen-bond acceptors (Lipinski definition) is 7. The Balaban J connectivity index is 1.69. The minimum atomic E-state index is -1.25. The zero-order valence-electron chi connectivity index (χ0n) is 21.1. The Morgan fingerprint density at radius 1 is 1.19 bits per heavy atom. The second kappa shape index (κ2) is 11.6. The van der Waals surface area contributed by atoms with Crippen molar-refractivity contribution in [3.63, 3.8) is 0 Å². The summed E-state index contributed by atoms with van der Waals surface area (Å²) in [5, 5.41) is 35.2. The number of benzene rings is 2. The average molecular weight is 501 g/mol. The second-order valence-electron chi connectivity index (χ2n) is 9.66. The second-order valence-corrected chi connectivity index (χ2v) is 9.66. The van der Waals surface area contributed by atoms with Crippen molar-refractivity contribution in [3.05, 3.63) is 59.7 Å². The molecule has 0 aliphatic carbocycles. The zero-order chi connectivity index (χ0) is 26.5. The topological polar surface area (TPSA) is 135 Å². The van der Waals surface area contributed by atoms with E-state index in [1.165, 1.54) is 0 Å². The molecule has 2 amide bonds. The van der Waals surface area contributed by atoms with E-state index in [4.69, 9.17) is 4.74 Å². The van der Waals surface area contributed by atoms with Gasteiger partial charge in [-0.25, -0.2) is 4.79 Å². The maximum atomic E-state index is 12.9. The molecule has 0 radical (unpaired) electrons. The van der Waals surface area contributed by atoms with Crippen molar-refractivity contribution in [1.29, 1.82) is 0 Å². The molecule has 2 aromatic carbocycles. The van der Waals surface area contributed by atoms with E-state index in [0.29, 0.717) is 17.9 Å². The molecule has 1 heterocycles. The van der Waals surface area contributed by atoms with E-state index in [1.54, 1.807) is 32.0 Å². The number of ether oxygens (including phenoxy) is 1. The molecule has 0 saturated heterocycles. The van der Waals surface area contributed by atoms with E-state index >= 15 is 0 Å². The molecule has 1 aliphatic rings. The van der Waals surface area contributed by atoms with Crippen LogP contribution < -0.4 is 20.3 Å². The van der Waals surface area contributed by atoms with Gasteiger partial charge in [0.1, 0.15) is 5.75 Å². The van der Waals surface area contributed by atoms with Crippen LogP contribution in [0.4, 0.5) is 10.5 Å². The molecule has 0 aromatic heterocycles. The van der Waals surface area contributed by atoms with Crippen LogP contribution in [0.5, 0.6) is 5.75 Å². The van der Waals surface area contributed by atoms with Crippen LogP contribution in [-0.2, 0) is 6.42 Å². The number of nitrogens with one attached hydrogen (secondary N) is 2. The fraction of sp³-hybridized carbons (Fsp3) is 0.462. The Morgan fingerprint density at radius 2 is 1.89 bits per heavy atom. The lowest BCUT2D eigenvalue weighted by Gasteiger charge is -2.34. The molecule has 5 N–H and O–H groups in total. The van der Waals surface area contributed by atoms with E-state index in [-0.39, 0.29) is 13.0 Å². The van der Waals surface area contributed by atoms with Crippen LogP contribution >= 0.6 is 0 Å². The van der Waals surface area contributed by atoms with Gasteiger partial charge in [-0.2, -0.15) is 0 Å². The minimum absolute atomic E-state index is 0.138. The first-order chi connectivity index (χ1) is 17.0. The standard InChI is InChI=1S/C26H36N4O6/c1-5-29(4)25-30(16-26(2,3)35)20-12-11-18(14-22(20)36-25)23(32)27-15-21(31)19(28-24(33)34)13-17-9-7-6-8-10-17/h6-12,14,19,21,25,28,31,35H,5,13,15-16H2,1-4H3,(H,27,32)(H,33,34)/t19-,21-,25?/m0/s1. The molecule has 0 bridgehead atoms. The number of aliphatic hydroxyl groups excluding tert-OH is 1. The van der Waals surface area contributed by atoms with Crippen molar-refractivity contribution in [2.75, 3.05) is 31.6 Å². The van der Waals surface area contributed by atoms with E-state index in [2.05, 4.69) is 10.6 Å². The van der Waals surface area contributed by atoms with E-state index in [0.717, 1.165) is 17.8 Å². The number of aliphatic hydroxyl groups is 2. The monoisotopic (exact) mass is 500 g/mol. The summed E-state index contributed by atoms with van der Waals surface area (Å²) in [6.07, 6.45) is -2.53. The summed E-state index contributed by atoms with van der Waals surface area (Å²) in [5.41, 5.74) is 1.02. The molecule has 0 fully saturated rings. The number of nitrogens with zero attached hydrogens (tertiary/aromatic N) is 2. The largest absolute Gasteiger partial charge is 0.465 e. The van der Waals surface area contributed by atoms with Crippen molar-refractivity contribution in [3.8, 4) is 5.75 Å². The first-order valence-corrected chi connectivity index (χ1v) is 12.0. The Bertz CT molecular complexity index is 1040. The molecular weight excluding hydrogens is 464 g/mol. The molecule has 10 nitrogen and oxygen atoms in total. The van der Waals surface area contributed by atoms with Crippen molar-refractivity contribution in [2.45, 2.75) is 51.3 Å². The third-order valence-electron chi connectivity index (χ3n) is 6.01. The Morgan fingerprint density at radius 3 is 2.50 bits per heavy atom. The highest BCUT2D eigenvalue weighted by molar-refractivity contribution is 5.95. The number of rotatable bonds is 11. The molecule has 196 valence electrons. The summed E-state index contributed by atoms with van der Waals surface area (Å²) in [7, 11) is 1.92. The highest BCUT2D eigenvalue weighted by atomic mass is 16.5. The van der Waals surface area contributed by atoms with Gasteiger partial charge in [0.05, 0.1) is 30.0 Å². The Labute approximate surface area is 211 Å². The third kappa shape index (κ3) is 7.09. The lowest BCUT2D eigenvalue weighted by atomic mass is 10.0. The summed E-state index contributed by atoms with van der Waals surface area (Å²) in [5.74, 6) is 0.0998. The van der Waals surface area contributed by atoms with Gasteiger partial charge < -0.3 is 35.6 Å². The van der Waals surface area contributed by atoms with Crippen LogP contribution in [0.3, 0.4) is 0 Å². The van der Waals surface area contributed by atoms with E-state index < -0.39 is 36.1 Å². The van der Waals surface area contributed by atoms with Crippen molar-refractivity contribution in [1.82, 2.24) is 15.5 Å². The predicted molar refractivity (Wildman–Crippen MR) is 136 cm³/mol. The summed E-state index contributed by atoms with van der Waals surface area (Å²) < 4.78 is 6.12. The zero-order valence-corrected chi connectivity index (χ0v) is 21.1. The van der Waals surface area contributed by atoms with Crippen LogP contribution in [0.25, 0.3) is 0 Å². The lowest BCUT2D eigenvalue weighted by Crippen LogP contribution is -2.51. The number of hydrogen-bond donors (Lipinski definition) is 5. The highest BCUT2D eigenvalue weighted by Gasteiger charge is 2.36. The Kier molecular flexibility index (Phi) is 8.78. The molecule has 1 unspecified atom stereocenters. The summed E-state index contributed by atoms with van der Waals surface area (Å²) in [4.78, 5) is 28.0. The highest BCUT2D eigenvalue weighted by Crippen LogP contribution is 2.39. The van der Waals surface area contributed by atoms with Crippen molar-refractivity contribution in [2.24, 2.45) is 0 Å². The molecule has 36 heavy (non-hydrogen) atoms. The molecule has 3 rings (SSSR count). The van der Waals surface area contributed by atoms with Gasteiger partial charge in [-0.1, -0.05) is 37.3 Å². The van der Waals surface area contributed by atoms with Crippen LogP contribution in [0.1, 0.15) is 36.7 Å². The number of fused-ring (bicyclic) bond motifs is 1. The number of carboxylic acid groups (broad SMARTS) is 1.